The topological polar surface area (TPSA) is 61.9 Å². The molecule has 0 saturated carbocycles. The van der Waals surface area contributed by atoms with Gasteiger partial charge in [-0.1, -0.05) is 0 Å². The van der Waals surface area contributed by atoms with Gasteiger partial charge in [0.2, 0.25) is 5.91 Å². The maximum absolute atomic E-state index is 11.8. The summed E-state index contributed by atoms with van der Waals surface area (Å²) in [6, 6.07) is 0.596. The fourth-order valence-corrected chi connectivity index (χ4v) is 4.55. The molecule has 7 heteroatoms. The lowest BCUT2D eigenvalue weighted by Crippen LogP contribution is -2.50. The minimum atomic E-state index is -0.163. The monoisotopic (exact) mass is 373 g/mol. The van der Waals surface area contributed by atoms with Crippen molar-refractivity contribution in [2.24, 2.45) is 5.41 Å². The lowest BCUT2D eigenvalue weighted by molar-refractivity contribution is -0.121. The van der Waals surface area contributed by atoms with E-state index in [1.165, 1.54) is 12.8 Å². The summed E-state index contributed by atoms with van der Waals surface area (Å²) in [5.74, 6) is 0.223. The Morgan fingerprint density at radius 3 is 2.48 bits per heavy atom. The van der Waals surface area contributed by atoms with Crippen LogP contribution in [0.1, 0.15) is 51.9 Å². The lowest BCUT2D eigenvalue weighted by atomic mass is 9.72. The highest BCUT2D eigenvalue weighted by Gasteiger charge is 2.38. The predicted molar refractivity (Wildman–Crippen MR) is 99.0 cm³/mol. The molecule has 0 aliphatic carbocycles. The molecular weight excluding hydrogens is 342 g/mol. The van der Waals surface area contributed by atoms with E-state index in [1.807, 2.05) is 11.8 Å². The number of rotatable bonds is 2. The Bertz CT molecular complexity index is 458. The zero-order chi connectivity index (χ0) is 17.0. The van der Waals surface area contributed by atoms with Gasteiger partial charge in [0.1, 0.15) is 0 Å². The van der Waals surface area contributed by atoms with Crippen molar-refractivity contribution in [3.05, 3.63) is 0 Å². The van der Waals surface area contributed by atoms with Gasteiger partial charge in [-0.2, -0.15) is 0 Å². The van der Waals surface area contributed by atoms with Crippen LogP contribution in [0.2, 0.25) is 0 Å². The van der Waals surface area contributed by atoms with Crippen LogP contribution in [0.15, 0.2) is 0 Å². The summed E-state index contributed by atoms with van der Waals surface area (Å²) in [6.07, 6.45) is 7.22. The van der Waals surface area contributed by atoms with Gasteiger partial charge in [-0.15, -0.1) is 12.4 Å². The zero-order valence-corrected chi connectivity index (χ0v) is 16.1. The maximum Gasteiger partial charge on any atom is 0.409 e. The number of halogens is 1. The van der Waals surface area contributed by atoms with E-state index in [-0.39, 0.29) is 24.4 Å². The molecule has 3 rings (SSSR count). The summed E-state index contributed by atoms with van der Waals surface area (Å²) >= 11 is 0. The quantitative estimate of drug-likeness (QED) is 0.807. The number of likely N-dealkylation sites (tertiary alicyclic amines) is 2. The molecule has 0 aromatic carbocycles. The number of nitrogens with zero attached hydrogens (tertiary/aromatic N) is 2. The number of carbonyl (C=O) groups is 2. The summed E-state index contributed by atoms with van der Waals surface area (Å²) in [5.41, 5.74) is 0.376. The van der Waals surface area contributed by atoms with Crippen LogP contribution in [0, 0.1) is 5.41 Å². The molecule has 3 heterocycles. The maximum atomic E-state index is 11.8. The van der Waals surface area contributed by atoms with Gasteiger partial charge in [0.25, 0.3) is 0 Å². The van der Waals surface area contributed by atoms with Crippen molar-refractivity contribution in [3.63, 3.8) is 0 Å². The molecule has 3 fully saturated rings. The fraction of sp³-hybridized carbons (Fsp3) is 0.889. The van der Waals surface area contributed by atoms with Crippen molar-refractivity contribution in [2.75, 3.05) is 39.3 Å². The van der Waals surface area contributed by atoms with Gasteiger partial charge < -0.3 is 19.9 Å². The van der Waals surface area contributed by atoms with E-state index < -0.39 is 0 Å². The Balaban J connectivity index is 0.00000225. The first kappa shape index (κ1) is 20.3. The van der Waals surface area contributed by atoms with Crippen molar-refractivity contribution in [1.82, 2.24) is 15.1 Å². The van der Waals surface area contributed by atoms with Crippen LogP contribution < -0.4 is 5.32 Å². The van der Waals surface area contributed by atoms with Gasteiger partial charge >= 0.3 is 6.09 Å². The summed E-state index contributed by atoms with van der Waals surface area (Å²) in [4.78, 5) is 27.8. The third-order valence-corrected chi connectivity index (χ3v) is 6.23. The van der Waals surface area contributed by atoms with E-state index in [9.17, 15) is 9.59 Å². The van der Waals surface area contributed by atoms with E-state index >= 15 is 0 Å². The van der Waals surface area contributed by atoms with Gasteiger partial charge in [-0.3, -0.25) is 4.79 Å². The smallest absolute Gasteiger partial charge is 0.409 e. The van der Waals surface area contributed by atoms with E-state index in [0.717, 1.165) is 58.4 Å². The zero-order valence-electron chi connectivity index (χ0n) is 15.3. The molecule has 0 aromatic rings. The fourth-order valence-electron chi connectivity index (χ4n) is 4.55. The third kappa shape index (κ3) is 5.00. The van der Waals surface area contributed by atoms with Crippen molar-refractivity contribution in [1.29, 1.82) is 0 Å². The average Bonchev–Trinajstić information content (AvgIpc) is 2.78. The van der Waals surface area contributed by atoms with Gasteiger partial charge in [-0.05, 0) is 64.0 Å². The highest BCUT2D eigenvalue weighted by Crippen LogP contribution is 2.41. The first-order valence-electron chi connectivity index (χ1n) is 9.54. The standard InChI is InChI=1S/C18H31N3O3.ClH/c1-2-24-17(23)21-11-4-15(5-12-21)20-13-8-18(9-14-20)6-3-16(22)19-10-7-18;/h15H,2-14H2,1H3,(H,19,22);1H. The number of amides is 2. The highest BCUT2D eigenvalue weighted by molar-refractivity contribution is 5.85. The van der Waals surface area contributed by atoms with Crippen LogP contribution in [0.5, 0.6) is 0 Å². The van der Waals surface area contributed by atoms with Crippen LogP contribution in [0.25, 0.3) is 0 Å². The molecule has 6 nitrogen and oxygen atoms in total. The number of hydrogen-bond donors (Lipinski definition) is 1. The van der Waals surface area contributed by atoms with Crippen molar-refractivity contribution < 1.29 is 14.3 Å². The first-order chi connectivity index (χ1) is 11.6. The van der Waals surface area contributed by atoms with Crippen molar-refractivity contribution in [3.8, 4) is 0 Å². The second-order valence-corrected chi connectivity index (χ2v) is 7.55. The molecule has 2 amide bonds. The average molecular weight is 374 g/mol. The number of carbonyl (C=O) groups excluding carboxylic acids is 2. The molecule has 3 saturated heterocycles. The molecule has 0 unspecified atom stereocenters. The summed E-state index contributed by atoms with van der Waals surface area (Å²) < 4.78 is 5.10. The molecule has 0 atom stereocenters. The Morgan fingerprint density at radius 2 is 1.84 bits per heavy atom. The Labute approximate surface area is 157 Å². The summed E-state index contributed by atoms with van der Waals surface area (Å²) in [6.45, 7) is 7.04. The van der Waals surface area contributed by atoms with Crippen LogP contribution in [0.3, 0.4) is 0 Å². The summed E-state index contributed by atoms with van der Waals surface area (Å²) in [7, 11) is 0. The largest absolute Gasteiger partial charge is 0.450 e. The van der Waals surface area contributed by atoms with Gasteiger partial charge in [0.05, 0.1) is 6.61 Å². The number of hydrogen-bond acceptors (Lipinski definition) is 4. The summed E-state index contributed by atoms with van der Waals surface area (Å²) in [5, 5.41) is 3.01. The van der Waals surface area contributed by atoms with E-state index in [4.69, 9.17) is 4.74 Å². The van der Waals surface area contributed by atoms with Gasteiger partial charge in [0.15, 0.2) is 0 Å². The normalized spacial score (nSPS) is 25.0. The highest BCUT2D eigenvalue weighted by atomic mass is 35.5. The lowest BCUT2D eigenvalue weighted by Gasteiger charge is -2.46. The second-order valence-electron chi connectivity index (χ2n) is 7.55. The molecule has 1 N–H and O–H groups in total. The van der Waals surface area contributed by atoms with Crippen molar-refractivity contribution in [2.45, 2.75) is 57.9 Å². The molecule has 1 spiro atoms. The molecule has 0 aromatic heterocycles. The third-order valence-electron chi connectivity index (χ3n) is 6.23. The van der Waals surface area contributed by atoms with E-state index in [0.29, 0.717) is 24.5 Å². The number of piperidine rings is 2. The Kier molecular flexibility index (Phi) is 7.37. The Hall–Kier alpha value is -1.01. The molecule has 144 valence electrons. The van der Waals surface area contributed by atoms with Crippen LogP contribution >= 0.6 is 12.4 Å². The number of nitrogens with one attached hydrogen (secondary N) is 1. The van der Waals surface area contributed by atoms with Crippen LogP contribution in [-0.2, 0) is 9.53 Å². The molecule has 0 bridgehead atoms. The van der Waals surface area contributed by atoms with Crippen molar-refractivity contribution >= 4 is 24.4 Å². The predicted octanol–water partition coefficient (Wildman–Crippen LogP) is 2.41. The van der Waals surface area contributed by atoms with Crippen LogP contribution in [-0.4, -0.2) is 67.2 Å². The molecule has 0 radical (unpaired) electrons. The molecule has 3 aliphatic rings. The minimum Gasteiger partial charge on any atom is -0.450 e. The molecular formula is C18H32ClN3O3. The Morgan fingerprint density at radius 1 is 1.16 bits per heavy atom. The van der Waals surface area contributed by atoms with Gasteiger partial charge in [-0.25, -0.2) is 4.79 Å². The number of ether oxygens (including phenoxy) is 1. The first-order valence-corrected chi connectivity index (χ1v) is 9.54. The SMILES string of the molecule is CCOC(=O)N1CCC(N2CCC3(CCNC(=O)CC3)CC2)CC1.Cl. The van der Waals surface area contributed by atoms with E-state index in [2.05, 4.69) is 10.2 Å². The minimum absolute atomic E-state index is 0. The molecule has 25 heavy (non-hydrogen) atoms. The molecule has 3 aliphatic heterocycles. The second kappa shape index (κ2) is 9.08. The van der Waals surface area contributed by atoms with E-state index in [1.54, 1.807) is 0 Å². The van der Waals surface area contributed by atoms with Crippen LogP contribution in [0.4, 0.5) is 4.79 Å². The van der Waals surface area contributed by atoms with Gasteiger partial charge in [0, 0.05) is 32.1 Å².